The number of aromatic nitrogens is 1. The maximum Gasteiger partial charge on any atom is 0.265 e. The standard InChI is InChI=1S/C11H7Br2ClN2OS/c1-5-7(2-3-9(14)15-5)16-11(17)8-4-6(12)10(13)18-8/h2-4H,1H3,(H,16,17). The Balaban J connectivity index is 2.21. The maximum absolute atomic E-state index is 12.0. The summed E-state index contributed by atoms with van der Waals surface area (Å²) in [7, 11) is 0. The first-order chi connectivity index (χ1) is 8.47. The molecule has 0 aliphatic rings. The Morgan fingerprint density at radius 3 is 2.72 bits per heavy atom. The van der Waals surface area contributed by atoms with Crippen molar-refractivity contribution in [3.63, 3.8) is 0 Å². The minimum absolute atomic E-state index is 0.168. The van der Waals surface area contributed by atoms with Gasteiger partial charge in [-0.2, -0.15) is 0 Å². The van der Waals surface area contributed by atoms with E-state index in [1.54, 1.807) is 25.1 Å². The van der Waals surface area contributed by atoms with E-state index in [1.807, 2.05) is 0 Å². The number of rotatable bonds is 2. The fourth-order valence-electron chi connectivity index (χ4n) is 1.30. The van der Waals surface area contributed by atoms with Crippen molar-refractivity contribution < 1.29 is 4.79 Å². The molecule has 0 radical (unpaired) electrons. The topological polar surface area (TPSA) is 42.0 Å². The molecule has 0 bridgehead atoms. The van der Waals surface area contributed by atoms with E-state index in [4.69, 9.17) is 11.6 Å². The minimum Gasteiger partial charge on any atom is -0.320 e. The summed E-state index contributed by atoms with van der Waals surface area (Å²) >= 11 is 13.8. The van der Waals surface area contributed by atoms with Crippen molar-refractivity contribution in [1.82, 2.24) is 4.98 Å². The predicted octanol–water partition coefficient (Wildman–Crippen LogP) is 4.88. The van der Waals surface area contributed by atoms with Gasteiger partial charge in [0.15, 0.2) is 0 Å². The molecule has 3 nitrogen and oxygen atoms in total. The van der Waals surface area contributed by atoms with E-state index in [0.717, 1.165) is 8.26 Å². The number of anilines is 1. The van der Waals surface area contributed by atoms with E-state index < -0.39 is 0 Å². The highest BCUT2D eigenvalue weighted by Crippen LogP contribution is 2.32. The van der Waals surface area contributed by atoms with Gasteiger partial charge in [-0.3, -0.25) is 4.79 Å². The highest BCUT2D eigenvalue weighted by molar-refractivity contribution is 9.13. The van der Waals surface area contributed by atoms with Gasteiger partial charge >= 0.3 is 0 Å². The number of nitrogens with zero attached hydrogens (tertiary/aromatic N) is 1. The summed E-state index contributed by atoms with van der Waals surface area (Å²) < 4.78 is 1.75. The van der Waals surface area contributed by atoms with Crippen LogP contribution in [-0.4, -0.2) is 10.9 Å². The molecule has 0 aliphatic heterocycles. The number of pyridine rings is 1. The summed E-state index contributed by atoms with van der Waals surface area (Å²) in [5.41, 5.74) is 1.34. The molecule has 2 heterocycles. The van der Waals surface area contributed by atoms with Crippen molar-refractivity contribution in [3.8, 4) is 0 Å². The molecule has 0 fully saturated rings. The monoisotopic (exact) mass is 408 g/mol. The molecule has 0 saturated carbocycles. The van der Waals surface area contributed by atoms with Crippen molar-refractivity contribution in [3.05, 3.63) is 42.2 Å². The van der Waals surface area contributed by atoms with Crippen LogP contribution in [0.15, 0.2) is 26.5 Å². The van der Waals surface area contributed by atoms with Gasteiger partial charge in [0.25, 0.3) is 5.91 Å². The van der Waals surface area contributed by atoms with Crippen LogP contribution in [0, 0.1) is 6.92 Å². The zero-order valence-electron chi connectivity index (χ0n) is 9.13. The van der Waals surface area contributed by atoms with Gasteiger partial charge in [0.05, 0.1) is 20.0 Å². The molecule has 94 valence electrons. The third kappa shape index (κ3) is 3.12. The van der Waals surface area contributed by atoms with Crippen LogP contribution in [0.2, 0.25) is 5.15 Å². The predicted molar refractivity (Wildman–Crippen MR) is 81.7 cm³/mol. The number of thiophene rings is 1. The normalized spacial score (nSPS) is 10.4. The highest BCUT2D eigenvalue weighted by Gasteiger charge is 2.13. The number of carbonyl (C=O) groups is 1. The van der Waals surface area contributed by atoms with Gasteiger partial charge in [0.1, 0.15) is 5.15 Å². The summed E-state index contributed by atoms with van der Waals surface area (Å²) in [6, 6.07) is 5.15. The first-order valence-electron chi connectivity index (χ1n) is 4.86. The lowest BCUT2D eigenvalue weighted by Crippen LogP contribution is -2.11. The van der Waals surface area contributed by atoms with Gasteiger partial charge in [0.2, 0.25) is 0 Å². The molecule has 18 heavy (non-hydrogen) atoms. The second-order valence-corrected chi connectivity index (χ2v) is 7.07. The van der Waals surface area contributed by atoms with Crippen molar-refractivity contribution in [1.29, 1.82) is 0 Å². The number of hydrogen-bond donors (Lipinski definition) is 1. The molecular weight excluding hydrogens is 403 g/mol. The van der Waals surface area contributed by atoms with E-state index in [9.17, 15) is 4.79 Å². The Hall–Kier alpha value is -0.430. The molecule has 0 aliphatic carbocycles. The summed E-state index contributed by atoms with van der Waals surface area (Å²) in [6.07, 6.45) is 0. The summed E-state index contributed by atoms with van der Waals surface area (Å²) in [6.45, 7) is 1.79. The van der Waals surface area contributed by atoms with Crippen LogP contribution in [0.5, 0.6) is 0 Å². The Labute approximate surface area is 130 Å². The molecule has 2 rings (SSSR count). The van der Waals surface area contributed by atoms with Gasteiger partial charge in [-0.1, -0.05) is 11.6 Å². The van der Waals surface area contributed by atoms with Crippen LogP contribution in [-0.2, 0) is 0 Å². The average Bonchev–Trinajstić information content (AvgIpc) is 2.63. The van der Waals surface area contributed by atoms with E-state index >= 15 is 0 Å². The number of amides is 1. The summed E-state index contributed by atoms with van der Waals surface area (Å²) in [5.74, 6) is -0.168. The van der Waals surface area contributed by atoms with Crippen LogP contribution in [0.1, 0.15) is 15.4 Å². The van der Waals surface area contributed by atoms with Gasteiger partial charge in [0, 0.05) is 4.47 Å². The molecular formula is C11H7Br2ClN2OS. The highest BCUT2D eigenvalue weighted by atomic mass is 79.9. The van der Waals surface area contributed by atoms with Crippen molar-refractivity contribution in [2.45, 2.75) is 6.92 Å². The number of halogens is 3. The molecule has 7 heteroatoms. The Morgan fingerprint density at radius 2 is 2.17 bits per heavy atom. The Bertz CT molecular complexity index is 596. The van der Waals surface area contributed by atoms with Gasteiger partial charge in [-0.05, 0) is 57.0 Å². The molecule has 0 unspecified atom stereocenters. The molecule has 0 spiro atoms. The van der Waals surface area contributed by atoms with E-state index in [0.29, 0.717) is 21.4 Å². The van der Waals surface area contributed by atoms with Gasteiger partial charge in [-0.25, -0.2) is 4.98 Å². The number of aryl methyl sites for hydroxylation is 1. The van der Waals surface area contributed by atoms with E-state index in [-0.39, 0.29) is 5.91 Å². The van der Waals surface area contributed by atoms with Crippen molar-refractivity contribution in [2.75, 3.05) is 5.32 Å². The van der Waals surface area contributed by atoms with Gasteiger partial charge < -0.3 is 5.32 Å². The zero-order valence-corrected chi connectivity index (χ0v) is 13.9. The molecule has 0 aromatic carbocycles. The molecule has 1 N–H and O–H groups in total. The second kappa shape index (κ2) is 5.69. The van der Waals surface area contributed by atoms with Crippen molar-refractivity contribution in [2.24, 2.45) is 0 Å². The lowest BCUT2D eigenvalue weighted by Gasteiger charge is -2.06. The first kappa shape index (κ1) is 14.0. The molecule has 2 aromatic rings. The van der Waals surface area contributed by atoms with Crippen LogP contribution in [0.3, 0.4) is 0 Å². The Kier molecular flexibility index (Phi) is 4.42. The molecule has 1 amide bonds. The SMILES string of the molecule is Cc1nc(Cl)ccc1NC(=O)c1cc(Br)c(Br)s1. The van der Waals surface area contributed by atoms with Crippen molar-refractivity contribution >= 4 is 66.4 Å². The molecule has 2 aromatic heterocycles. The zero-order chi connectivity index (χ0) is 13.3. The quantitative estimate of drug-likeness (QED) is 0.717. The minimum atomic E-state index is -0.168. The van der Waals surface area contributed by atoms with Gasteiger partial charge in [-0.15, -0.1) is 11.3 Å². The number of hydrogen-bond acceptors (Lipinski definition) is 3. The van der Waals surface area contributed by atoms with E-state index in [2.05, 4.69) is 42.2 Å². The number of nitrogens with one attached hydrogen (secondary N) is 1. The smallest absolute Gasteiger partial charge is 0.265 e. The lowest BCUT2D eigenvalue weighted by molar-refractivity contribution is 0.103. The van der Waals surface area contributed by atoms with Crippen LogP contribution in [0.4, 0.5) is 5.69 Å². The molecule has 0 atom stereocenters. The lowest BCUT2D eigenvalue weighted by atomic mass is 10.3. The average molecular weight is 411 g/mol. The third-order valence-corrected chi connectivity index (χ3v) is 5.63. The van der Waals surface area contributed by atoms with Crippen LogP contribution >= 0.6 is 54.8 Å². The Morgan fingerprint density at radius 1 is 1.44 bits per heavy atom. The fourth-order valence-corrected chi connectivity index (χ4v) is 3.43. The largest absolute Gasteiger partial charge is 0.320 e. The third-order valence-electron chi connectivity index (χ3n) is 2.17. The summed E-state index contributed by atoms with van der Waals surface area (Å²) in [4.78, 5) is 16.7. The summed E-state index contributed by atoms with van der Waals surface area (Å²) in [5, 5.41) is 3.21. The first-order valence-corrected chi connectivity index (χ1v) is 7.65. The number of carbonyl (C=O) groups excluding carboxylic acids is 1. The fraction of sp³-hybridized carbons (Fsp3) is 0.0909. The van der Waals surface area contributed by atoms with Crippen LogP contribution in [0.25, 0.3) is 0 Å². The maximum atomic E-state index is 12.0. The molecule has 0 saturated heterocycles. The second-order valence-electron chi connectivity index (χ2n) is 3.45. The van der Waals surface area contributed by atoms with Crippen LogP contribution < -0.4 is 5.32 Å². The van der Waals surface area contributed by atoms with E-state index in [1.165, 1.54) is 11.3 Å².